The fraction of sp³-hybridized carbons (Fsp3) is 1.00. The van der Waals surface area contributed by atoms with Gasteiger partial charge in [-0.25, -0.2) is 0 Å². The molecule has 0 heterocycles. The van der Waals surface area contributed by atoms with Gasteiger partial charge in [0.1, 0.15) is 0 Å². The SMILES string of the molecule is CSCC(C)N.Cl. The molecule has 3 heteroatoms. The van der Waals surface area contributed by atoms with Crippen molar-refractivity contribution in [2.45, 2.75) is 13.0 Å². The molecule has 7 heavy (non-hydrogen) atoms. The molecule has 0 radical (unpaired) electrons. The van der Waals surface area contributed by atoms with Gasteiger partial charge in [-0.2, -0.15) is 11.8 Å². The molecule has 0 saturated carbocycles. The van der Waals surface area contributed by atoms with E-state index in [1.807, 2.05) is 6.92 Å². The fourth-order valence-electron chi connectivity index (χ4n) is 0.263. The number of hydrogen-bond acceptors (Lipinski definition) is 2. The first-order valence-corrected chi connectivity index (χ1v) is 3.41. The van der Waals surface area contributed by atoms with Gasteiger partial charge >= 0.3 is 0 Å². The van der Waals surface area contributed by atoms with Gasteiger partial charge in [0.05, 0.1) is 0 Å². The molecule has 0 rings (SSSR count). The summed E-state index contributed by atoms with van der Waals surface area (Å²) in [6.07, 6.45) is 2.06. The summed E-state index contributed by atoms with van der Waals surface area (Å²) in [5, 5.41) is 0. The van der Waals surface area contributed by atoms with Crippen molar-refractivity contribution in [3.63, 3.8) is 0 Å². The third kappa shape index (κ3) is 10.8. The quantitative estimate of drug-likeness (QED) is 0.624. The zero-order valence-electron chi connectivity index (χ0n) is 4.68. The van der Waals surface area contributed by atoms with E-state index in [0.29, 0.717) is 6.04 Å². The standard InChI is InChI=1S/C4H11NS.ClH/c1-4(5)3-6-2;/h4H,3,5H2,1-2H3;1H. The maximum atomic E-state index is 5.38. The lowest BCUT2D eigenvalue weighted by Crippen LogP contribution is -2.16. The highest BCUT2D eigenvalue weighted by Crippen LogP contribution is 1.91. The van der Waals surface area contributed by atoms with Gasteiger partial charge in [0.25, 0.3) is 0 Å². The van der Waals surface area contributed by atoms with Crippen LogP contribution in [0.5, 0.6) is 0 Å². The molecule has 0 saturated heterocycles. The van der Waals surface area contributed by atoms with E-state index >= 15 is 0 Å². The predicted octanol–water partition coefficient (Wildman–Crippen LogP) is 1.12. The van der Waals surface area contributed by atoms with Crippen molar-refractivity contribution in [2.75, 3.05) is 12.0 Å². The normalized spacial score (nSPS) is 12.4. The van der Waals surface area contributed by atoms with Gasteiger partial charge in [0, 0.05) is 11.8 Å². The molecule has 2 N–H and O–H groups in total. The average molecular weight is 142 g/mol. The summed E-state index contributed by atoms with van der Waals surface area (Å²) in [6, 6.07) is 0.361. The Morgan fingerprint density at radius 3 is 2.14 bits per heavy atom. The molecule has 0 aromatic carbocycles. The molecule has 0 aliphatic carbocycles. The molecule has 0 fully saturated rings. The van der Waals surface area contributed by atoms with Gasteiger partial charge in [0.2, 0.25) is 0 Å². The number of thioether (sulfide) groups is 1. The number of halogens is 1. The van der Waals surface area contributed by atoms with Crippen LogP contribution < -0.4 is 5.73 Å². The first-order chi connectivity index (χ1) is 2.77. The van der Waals surface area contributed by atoms with Crippen LogP contribution in [0.15, 0.2) is 0 Å². The van der Waals surface area contributed by atoms with Gasteiger partial charge in [-0.05, 0) is 13.2 Å². The summed E-state index contributed by atoms with van der Waals surface area (Å²) >= 11 is 1.78. The number of nitrogens with two attached hydrogens (primary N) is 1. The number of hydrogen-bond donors (Lipinski definition) is 1. The average Bonchev–Trinajstić information content (AvgIpc) is 1.35. The minimum Gasteiger partial charge on any atom is -0.327 e. The van der Waals surface area contributed by atoms with Gasteiger partial charge < -0.3 is 5.73 Å². The predicted molar refractivity (Wildman–Crippen MR) is 39.3 cm³/mol. The molecular weight excluding hydrogens is 130 g/mol. The minimum absolute atomic E-state index is 0. The van der Waals surface area contributed by atoms with Crippen molar-refractivity contribution in [3.8, 4) is 0 Å². The Labute approximate surface area is 55.5 Å². The smallest absolute Gasteiger partial charge is 0.0101 e. The Morgan fingerprint density at radius 1 is 1.71 bits per heavy atom. The van der Waals surface area contributed by atoms with Crippen molar-refractivity contribution in [2.24, 2.45) is 5.73 Å². The molecule has 1 unspecified atom stereocenters. The van der Waals surface area contributed by atoms with Gasteiger partial charge in [0.15, 0.2) is 0 Å². The molecular formula is C4H12ClNS. The second kappa shape index (κ2) is 6.60. The highest BCUT2D eigenvalue weighted by atomic mass is 35.5. The zero-order valence-corrected chi connectivity index (χ0v) is 6.31. The summed E-state index contributed by atoms with van der Waals surface area (Å²) < 4.78 is 0. The summed E-state index contributed by atoms with van der Waals surface area (Å²) in [4.78, 5) is 0. The lowest BCUT2D eigenvalue weighted by atomic mass is 10.4. The second-order valence-electron chi connectivity index (χ2n) is 1.43. The van der Waals surface area contributed by atoms with E-state index < -0.39 is 0 Å². The van der Waals surface area contributed by atoms with Crippen LogP contribution >= 0.6 is 24.2 Å². The van der Waals surface area contributed by atoms with E-state index in [2.05, 4.69) is 6.26 Å². The third-order valence-electron chi connectivity index (χ3n) is 0.430. The molecule has 0 spiro atoms. The molecule has 0 bridgehead atoms. The van der Waals surface area contributed by atoms with E-state index in [1.165, 1.54) is 0 Å². The van der Waals surface area contributed by atoms with E-state index in [1.54, 1.807) is 11.8 Å². The van der Waals surface area contributed by atoms with Crippen LogP contribution in [0.2, 0.25) is 0 Å². The lowest BCUT2D eigenvalue weighted by Gasteiger charge is -1.96. The third-order valence-corrected chi connectivity index (χ3v) is 1.29. The van der Waals surface area contributed by atoms with Crippen LogP contribution in [0, 0.1) is 0 Å². The van der Waals surface area contributed by atoms with Crippen molar-refractivity contribution < 1.29 is 0 Å². The molecule has 0 aromatic heterocycles. The van der Waals surface area contributed by atoms with Gasteiger partial charge in [-0.3, -0.25) is 0 Å². The van der Waals surface area contributed by atoms with Crippen LogP contribution in [-0.4, -0.2) is 18.1 Å². The molecule has 1 atom stereocenters. The Hall–Kier alpha value is 0.600. The minimum atomic E-state index is 0. The fourth-order valence-corrected chi connectivity index (χ4v) is 0.789. The van der Waals surface area contributed by atoms with Crippen LogP contribution in [0.1, 0.15) is 6.92 Å². The Balaban J connectivity index is 0. The molecule has 0 aromatic rings. The maximum absolute atomic E-state index is 5.38. The van der Waals surface area contributed by atoms with E-state index in [4.69, 9.17) is 5.73 Å². The summed E-state index contributed by atoms with van der Waals surface area (Å²) in [6.45, 7) is 2.01. The Morgan fingerprint density at radius 2 is 2.14 bits per heavy atom. The highest BCUT2D eigenvalue weighted by molar-refractivity contribution is 7.98. The highest BCUT2D eigenvalue weighted by Gasteiger charge is 1.85. The van der Waals surface area contributed by atoms with Crippen molar-refractivity contribution in [1.82, 2.24) is 0 Å². The molecule has 0 aliphatic heterocycles. The maximum Gasteiger partial charge on any atom is 0.0101 e. The number of rotatable bonds is 2. The topological polar surface area (TPSA) is 26.0 Å². The van der Waals surface area contributed by atoms with E-state index in [-0.39, 0.29) is 12.4 Å². The molecule has 46 valence electrons. The van der Waals surface area contributed by atoms with E-state index in [9.17, 15) is 0 Å². The second-order valence-corrected chi connectivity index (χ2v) is 2.34. The van der Waals surface area contributed by atoms with Gasteiger partial charge in [-0.15, -0.1) is 12.4 Å². The van der Waals surface area contributed by atoms with Gasteiger partial charge in [-0.1, -0.05) is 0 Å². The van der Waals surface area contributed by atoms with Crippen molar-refractivity contribution >= 4 is 24.2 Å². The first-order valence-electron chi connectivity index (χ1n) is 2.02. The summed E-state index contributed by atoms with van der Waals surface area (Å²) in [5.74, 6) is 1.07. The Kier molecular flexibility index (Phi) is 9.95. The molecule has 0 amide bonds. The monoisotopic (exact) mass is 141 g/mol. The van der Waals surface area contributed by atoms with Crippen molar-refractivity contribution in [1.29, 1.82) is 0 Å². The van der Waals surface area contributed by atoms with Crippen LogP contribution in [-0.2, 0) is 0 Å². The summed E-state index contributed by atoms with van der Waals surface area (Å²) in [7, 11) is 0. The molecule has 1 nitrogen and oxygen atoms in total. The van der Waals surface area contributed by atoms with E-state index in [0.717, 1.165) is 5.75 Å². The Bertz CT molecular complexity index is 32.9. The largest absolute Gasteiger partial charge is 0.327 e. The lowest BCUT2D eigenvalue weighted by molar-refractivity contribution is 0.848. The van der Waals surface area contributed by atoms with Crippen LogP contribution in [0.4, 0.5) is 0 Å². The van der Waals surface area contributed by atoms with Crippen LogP contribution in [0.3, 0.4) is 0 Å². The molecule has 0 aliphatic rings. The first kappa shape index (κ1) is 10.6. The summed E-state index contributed by atoms with van der Waals surface area (Å²) in [5.41, 5.74) is 5.38. The van der Waals surface area contributed by atoms with Crippen LogP contribution in [0.25, 0.3) is 0 Å². The van der Waals surface area contributed by atoms with Crippen molar-refractivity contribution in [3.05, 3.63) is 0 Å². The zero-order chi connectivity index (χ0) is 4.99.